The summed E-state index contributed by atoms with van der Waals surface area (Å²) in [5.41, 5.74) is 9.90. The van der Waals surface area contributed by atoms with Gasteiger partial charge in [-0.2, -0.15) is 0 Å². The summed E-state index contributed by atoms with van der Waals surface area (Å²) in [6.45, 7) is 0. The second kappa shape index (κ2) is 10.1. The van der Waals surface area contributed by atoms with Crippen molar-refractivity contribution in [1.29, 1.82) is 0 Å². The lowest BCUT2D eigenvalue weighted by atomic mass is 9.99. The van der Waals surface area contributed by atoms with Gasteiger partial charge in [0.25, 0.3) is 0 Å². The van der Waals surface area contributed by atoms with Crippen LogP contribution in [-0.2, 0) is 0 Å². The molecule has 0 amide bonds. The van der Waals surface area contributed by atoms with Crippen molar-refractivity contribution < 1.29 is 4.42 Å². The van der Waals surface area contributed by atoms with Gasteiger partial charge in [-0.05, 0) is 76.2 Å². The van der Waals surface area contributed by atoms with Crippen molar-refractivity contribution in [3.63, 3.8) is 0 Å². The molecule has 8 rings (SSSR count). The van der Waals surface area contributed by atoms with Crippen molar-refractivity contribution in [2.24, 2.45) is 0 Å². The van der Waals surface area contributed by atoms with Crippen LogP contribution in [0.4, 0.5) is 17.1 Å². The van der Waals surface area contributed by atoms with Crippen LogP contribution in [0.1, 0.15) is 0 Å². The average Bonchev–Trinajstić information content (AvgIpc) is 3.45. The standard InChI is InChI=1S/C40H27NO/c1-3-12-28(13-4-1)30-16-9-18-32(26-30)41(33-19-10-17-31(27-33)29-14-5-2-6-15-29)37-22-11-21-35-34(37)24-25-39-40(35)36-20-7-8-23-38(36)42-39/h1-27H. The minimum Gasteiger partial charge on any atom is -0.456 e. The Morgan fingerprint density at radius 2 is 0.905 bits per heavy atom. The molecule has 0 N–H and O–H groups in total. The summed E-state index contributed by atoms with van der Waals surface area (Å²) in [4.78, 5) is 2.38. The number of anilines is 3. The lowest BCUT2D eigenvalue weighted by Crippen LogP contribution is -2.10. The summed E-state index contributed by atoms with van der Waals surface area (Å²) in [5, 5.41) is 4.64. The maximum Gasteiger partial charge on any atom is 0.136 e. The first-order valence-corrected chi connectivity index (χ1v) is 14.3. The van der Waals surface area contributed by atoms with Crippen molar-refractivity contribution in [1.82, 2.24) is 0 Å². The maximum absolute atomic E-state index is 6.25. The van der Waals surface area contributed by atoms with Crippen LogP contribution in [0.15, 0.2) is 168 Å². The number of furan rings is 1. The third-order valence-electron chi connectivity index (χ3n) is 8.04. The molecule has 0 aliphatic rings. The van der Waals surface area contributed by atoms with Gasteiger partial charge in [0.2, 0.25) is 0 Å². The molecule has 0 radical (unpaired) electrons. The van der Waals surface area contributed by atoms with E-state index in [4.69, 9.17) is 4.42 Å². The molecular weight excluding hydrogens is 510 g/mol. The Hall–Kier alpha value is -5.60. The molecule has 0 atom stereocenters. The molecule has 2 nitrogen and oxygen atoms in total. The molecule has 1 aromatic heterocycles. The Balaban J connectivity index is 1.39. The number of hydrogen-bond acceptors (Lipinski definition) is 2. The highest BCUT2D eigenvalue weighted by Gasteiger charge is 2.19. The van der Waals surface area contributed by atoms with Gasteiger partial charge in [0, 0.05) is 27.5 Å². The first kappa shape index (κ1) is 24.2. The second-order valence-corrected chi connectivity index (χ2v) is 10.6. The van der Waals surface area contributed by atoms with E-state index >= 15 is 0 Å². The second-order valence-electron chi connectivity index (χ2n) is 10.6. The average molecular weight is 538 g/mol. The molecule has 2 heteroatoms. The lowest BCUT2D eigenvalue weighted by molar-refractivity contribution is 0.669. The molecule has 0 bridgehead atoms. The van der Waals surface area contributed by atoms with E-state index in [0.29, 0.717) is 0 Å². The van der Waals surface area contributed by atoms with E-state index in [1.807, 2.05) is 12.1 Å². The number of rotatable bonds is 5. The van der Waals surface area contributed by atoms with Crippen LogP contribution >= 0.6 is 0 Å². The van der Waals surface area contributed by atoms with E-state index in [0.717, 1.165) is 39.0 Å². The van der Waals surface area contributed by atoms with Crippen LogP contribution in [-0.4, -0.2) is 0 Å². The summed E-state index contributed by atoms with van der Waals surface area (Å²) in [7, 11) is 0. The molecule has 198 valence electrons. The highest BCUT2D eigenvalue weighted by atomic mass is 16.3. The van der Waals surface area contributed by atoms with Crippen LogP contribution in [0.25, 0.3) is 55.0 Å². The van der Waals surface area contributed by atoms with Crippen molar-refractivity contribution in [2.45, 2.75) is 0 Å². The number of nitrogens with zero attached hydrogens (tertiary/aromatic N) is 1. The molecule has 8 aromatic rings. The zero-order chi connectivity index (χ0) is 27.9. The number of fused-ring (bicyclic) bond motifs is 5. The molecule has 42 heavy (non-hydrogen) atoms. The highest BCUT2D eigenvalue weighted by Crippen LogP contribution is 2.44. The Labute approximate surface area is 244 Å². The highest BCUT2D eigenvalue weighted by molar-refractivity contribution is 6.21. The Morgan fingerprint density at radius 1 is 0.357 bits per heavy atom. The van der Waals surface area contributed by atoms with Crippen LogP contribution in [0.5, 0.6) is 0 Å². The monoisotopic (exact) mass is 537 g/mol. The van der Waals surface area contributed by atoms with Crippen LogP contribution < -0.4 is 4.90 Å². The number of benzene rings is 7. The summed E-state index contributed by atoms with van der Waals surface area (Å²) >= 11 is 0. The van der Waals surface area contributed by atoms with E-state index in [2.05, 4.69) is 157 Å². The first-order valence-electron chi connectivity index (χ1n) is 14.3. The molecule has 7 aromatic carbocycles. The Morgan fingerprint density at radius 3 is 1.57 bits per heavy atom. The summed E-state index contributed by atoms with van der Waals surface area (Å²) in [5.74, 6) is 0. The molecule has 0 unspecified atom stereocenters. The first-order chi connectivity index (χ1) is 20.8. The topological polar surface area (TPSA) is 16.4 Å². The van der Waals surface area contributed by atoms with Crippen LogP contribution in [0.3, 0.4) is 0 Å². The predicted molar refractivity (Wildman–Crippen MR) is 177 cm³/mol. The van der Waals surface area contributed by atoms with Crippen LogP contribution in [0, 0.1) is 0 Å². The number of hydrogen-bond donors (Lipinski definition) is 0. The van der Waals surface area contributed by atoms with Crippen molar-refractivity contribution in [2.75, 3.05) is 4.90 Å². The van der Waals surface area contributed by atoms with E-state index < -0.39 is 0 Å². The van der Waals surface area contributed by atoms with Gasteiger partial charge >= 0.3 is 0 Å². The van der Waals surface area contributed by atoms with Gasteiger partial charge in [0.15, 0.2) is 0 Å². The molecule has 0 spiro atoms. The fourth-order valence-electron chi connectivity index (χ4n) is 6.10. The molecule has 0 saturated heterocycles. The quantitative estimate of drug-likeness (QED) is 0.217. The van der Waals surface area contributed by atoms with Crippen molar-refractivity contribution in [3.8, 4) is 22.3 Å². The van der Waals surface area contributed by atoms with Crippen molar-refractivity contribution >= 4 is 49.8 Å². The zero-order valence-electron chi connectivity index (χ0n) is 22.9. The van der Waals surface area contributed by atoms with E-state index in [9.17, 15) is 0 Å². The smallest absolute Gasteiger partial charge is 0.136 e. The third kappa shape index (κ3) is 4.13. The maximum atomic E-state index is 6.25. The van der Waals surface area contributed by atoms with Gasteiger partial charge in [0.05, 0.1) is 5.69 Å². The van der Waals surface area contributed by atoms with E-state index in [1.54, 1.807) is 0 Å². The third-order valence-corrected chi connectivity index (χ3v) is 8.04. The normalized spacial score (nSPS) is 11.3. The molecule has 0 saturated carbocycles. The largest absolute Gasteiger partial charge is 0.456 e. The number of para-hydroxylation sites is 1. The van der Waals surface area contributed by atoms with Gasteiger partial charge in [-0.1, -0.05) is 115 Å². The molecule has 0 fully saturated rings. The van der Waals surface area contributed by atoms with Crippen LogP contribution in [0.2, 0.25) is 0 Å². The van der Waals surface area contributed by atoms with Gasteiger partial charge in [-0.25, -0.2) is 0 Å². The predicted octanol–water partition coefficient (Wildman–Crippen LogP) is 11.5. The Kier molecular flexibility index (Phi) is 5.82. The fraction of sp³-hybridized carbons (Fsp3) is 0. The molecule has 0 aliphatic heterocycles. The SMILES string of the molecule is c1ccc(-c2cccc(N(c3cccc(-c4ccccc4)c3)c3cccc4c3ccc3oc5ccccc5c34)c2)cc1. The molecule has 0 aliphatic carbocycles. The summed E-state index contributed by atoms with van der Waals surface area (Å²) < 4.78 is 6.25. The zero-order valence-corrected chi connectivity index (χ0v) is 22.9. The van der Waals surface area contributed by atoms with Gasteiger partial charge < -0.3 is 9.32 Å². The fourth-order valence-corrected chi connectivity index (χ4v) is 6.10. The minimum atomic E-state index is 0.907. The molecule has 1 heterocycles. The van der Waals surface area contributed by atoms with Gasteiger partial charge in [-0.3, -0.25) is 0 Å². The summed E-state index contributed by atoms with van der Waals surface area (Å²) in [6.07, 6.45) is 0. The van der Waals surface area contributed by atoms with E-state index in [-0.39, 0.29) is 0 Å². The minimum absolute atomic E-state index is 0.907. The van der Waals surface area contributed by atoms with E-state index in [1.165, 1.54) is 33.0 Å². The summed E-state index contributed by atoms with van der Waals surface area (Å²) in [6, 6.07) is 58.0. The Bertz CT molecular complexity index is 2110. The lowest BCUT2D eigenvalue weighted by Gasteiger charge is -2.28. The van der Waals surface area contributed by atoms with Crippen molar-refractivity contribution in [3.05, 3.63) is 164 Å². The van der Waals surface area contributed by atoms with Gasteiger partial charge in [0.1, 0.15) is 11.2 Å². The molecular formula is C40H27NO. The van der Waals surface area contributed by atoms with Gasteiger partial charge in [-0.15, -0.1) is 0 Å².